The van der Waals surface area contributed by atoms with Gasteiger partial charge in [-0.25, -0.2) is 0 Å². The Labute approximate surface area is 131 Å². The Morgan fingerprint density at radius 2 is 1.91 bits per heavy atom. The molecule has 1 N–H and O–H groups in total. The highest BCUT2D eigenvalue weighted by molar-refractivity contribution is 5.96. The summed E-state index contributed by atoms with van der Waals surface area (Å²) in [5.41, 5.74) is 0.663. The van der Waals surface area contributed by atoms with Crippen LogP contribution in [0, 0.1) is 11.8 Å². The molecule has 0 radical (unpaired) electrons. The summed E-state index contributed by atoms with van der Waals surface area (Å²) in [7, 11) is 0. The Kier molecular flexibility index (Phi) is 5.69. The summed E-state index contributed by atoms with van der Waals surface area (Å²) in [6, 6.07) is 3.57. The third-order valence-electron chi connectivity index (χ3n) is 4.09. The van der Waals surface area contributed by atoms with E-state index in [9.17, 15) is 9.59 Å². The molecule has 1 aliphatic carbocycles. The van der Waals surface area contributed by atoms with E-state index in [2.05, 4.69) is 10.3 Å². The van der Waals surface area contributed by atoms with Crippen LogP contribution in [0.1, 0.15) is 26.7 Å². The topological polar surface area (TPSA) is 62.3 Å². The average Bonchev–Trinajstić information content (AvgIpc) is 2.56. The third kappa shape index (κ3) is 3.72. The van der Waals surface area contributed by atoms with Crippen LogP contribution in [-0.4, -0.2) is 34.8 Å². The van der Waals surface area contributed by atoms with E-state index in [-0.39, 0.29) is 23.7 Å². The molecular formula is C17H23N3O2. The van der Waals surface area contributed by atoms with E-state index in [1.807, 2.05) is 26.0 Å². The number of carbonyl (C=O) groups excluding carboxylic acids is 2. The minimum atomic E-state index is -0.321. The maximum absolute atomic E-state index is 12.6. The van der Waals surface area contributed by atoms with Crippen LogP contribution in [0.15, 0.2) is 36.7 Å². The van der Waals surface area contributed by atoms with Crippen LogP contribution in [0.25, 0.3) is 0 Å². The average molecular weight is 301 g/mol. The summed E-state index contributed by atoms with van der Waals surface area (Å²) in [5, 5.41) is 2.87. The lowest BCUT2D eigenvalue weighted by molar-refractivity contribution is -0.140. The van der Waals surface area contributed by atoms with Crippen LogP contribution in [0.4, 0.5) is 5.69 Å². The number of aromatic nitrogens is 1. The van der Waals surface area contributed by atoms with E-state index >= 15 is 0 Å². The van der Waals surface area contributed by atoms with Crippen LogP contribution < -0.4 is 5.32 Å². The Bertz CT molecular complexity index is 538. The second-order valence-electron chi connectivity index (χ2n) is 5.40. The Hall–Kier alpha value is -2.17. The maximum atomic E-state index is 12.6. The number of pyridine rings is 1. The molecule has 2 atom stereocenters. The zero-order chi connectivity index (χ0) is 15.9. The van der Waals surface area contributed by atoms with Crippen molar-refractivity contribution in [2.24, 2.45) is 11.8 Å². The predicted molar refractivity (Wildman–Crippen MR) is 86.1 cm³/mol. The summed E-state index contributed by atoms with van der Waals surface area (Å²) < 4.78 is 0. The van der Waals surface area contributed by atoms with Gasteiger partial charge in [0.2, 0.25) is 11.8 Å². The van der Waals surface area contributed by atoms with Gasteiger partial charge in [-0.05, 0) is 38.8 Å². The first-order valence-corrected chi connectivity index (χ1v) is 7.82. The van der Waals surface area contributed by atoms with Crippen molar-refractivity contribution in [1.82, 2.24) is 9.88 Å². The highest BCUT2D eigenvalue weighted by Gasteiger charge is 2.35. The van der Waals surface area contributed by atoms with Crippen molar-refractivity contribution >= 4 is 17.5 Å². The summed E-state index contributed by atoms with van der Waals surface area (Å²) >= 11 is 0. The summed E-state index contributed by atoms with van der Waals surface area (Å²) in [6.07, 6.45) is 8.48. The van der Waals surface area contributed by atoms with E-state index in [0.717, 1.165) is 0 Å². The van der Waals surface area contributed by atoms with Crippen molar-refractivity contribution in [2.75, 3.05) is 18.4 Å². The normalized spacial score (nSPS) is 20.5. The fraction of sp³-hybridized carbons (Fsp3) is 0.471. The molecule has 0 aromatic carbocycles. The van der Waals surface area contributed by atoms with E-state index in [1.165, 1.54) is 0 Å². The van der Waals surface area contributed by atoms with Crippen LogP contribution in [0.3, 0.4) is 0 Å². The first-order chi connectivity index (χ1) is 10.7. The zero-order valence-corrected chi connectivity index (χ0v) is 13.2. The van der Waals surface area contributed by atoms with Crippen LogP contribution in [0.5, 0.6) is 0 Å². The predicted octanol–water partition coefficient (Wildman–Crippen LogP) is 2.47. The standard InChI is InChI=1S/C17H23N3O2/c1-3-20(4-2)17(22)15-10-6-5-9-14(15)16(21)19-13-8-7-11-18-12-13/h5-8,11-12,14-15H,3-4,9-10H2,1-2H3,(H,19,21). The molecule has 0 fully saturated rings. The second-order valence-corrected chi connectivity index (χ2v) is 5.40. The highest BCUT2D eigenvalue weighted by Crippen LogP contribution is 2.28. The fourth-order valence-electron chi connectivity index (χ4n) is 2.82. The van der Waals surface area contributed by atoms with E-state index in [0.29, 0.717) is 31.6 Å². The summed E-state index contributed by atoms with van der Waals surface area (Å²) in [4.78, 5) is 31.0. The van der Waals surface area contributed by atoms with Gasteiger partial charge in [0.1, 0.15) is 0 Å². The first kappa shape index (κ1) is 16.2. The number of nitrogens with zero attached hydrogens (tertiary/aromatic N) is 2. The molecule has 1 aromatic rings. The minimum Gasteiger partial charge on any atom is -0.343 e. The molecule has 22 heavy (non-hydrogen) atoms. The highest BCUT2D eigenvalue weighted by atomic mass is 16.2. The molecule has 1 aliphatic rings. The smallest absolute Gasteiger partial charge is 0.228 e. The van der Waals surface area contributed by atoms with Gasteiger partial charge in [-0.2, -0.15) is 0 Å². The molecule has 2 amide bonds. The largest absolute Gasteiger partial charge is 0.343 e. The van der Waals surface area contributed by atoms with Gasteiger partial charge in [0.15, 0.2) is 0 Å². The lowest BCUT2D eigenvalue weighted by Gasteiger charge is -2.31. The molecule has 118 valence electrons. The minimum absolute atomic E-state index is 0.0701. The van der Waals surface area contributed by atoms with Gasteiger partial charge < -0.3 is 10.2 Å². The summed E-state index contributed by atoms with van der Waals surface area (Å²) in [5.74, 6) is -0.636. The molecule has 0 saturated heterocycles. The zero-order valence-electron chi connectivity index (χ0n) is 13.2. The van der Waals surface area contributed by atoms with Gasteiger partial charge in [-0.1, -0.05) is 12.2 Å². The molecule has 0 aliphatic heterocycles. The molecule has 1 aromatic heterocycles. The number of hydrogen-bond donors (Lipinski definition) is 1. The monoisotopic (exact) mass is 301 g/mol. The molecule has 5 nitrogen and oxygen atoms in total. The summed E-state index contributed by atoms with van der Waals surface area (Å²) in [6.45, 7) is 5.27. The lowest BCUT2D eigenvalue weighted by atomic mass is 9.81. The number of amides is 2. The third-order valence-corrected chi connectivity index (χ3v) is 4.09. The van der Waals surface area contributed by atoms with Crippen LogP contribution >= 0.6 is 0 Å². The van der Waals surface area contributed by atoms with Crippen molar-refractivity contribution in [3.05, 3.63) is 36.7 Å². The number of nitrogens with one attached hydrogen (secondary N) is 1. The SMILES string of the molecule is CCN(CC)C(=O)C1CC=CCC1C(=O)Nc1cccnc1. The lowest BCUT2D eigenvalue weighted by Crippen LogP contribution is -2.43. The van der Waals surface area contributed by atoms with Crippen molar-refractivity contribution in [3.63, 3.8) is 0 Å². The molecular weight excluding hydrogens is 278 g/mol. The Balaban J connectivity index is 2.11. The van der Waals surface area contributed by atoms with Crippen molar-refractivity contribution in [2.45, 2.75) is 26.7 Å². The molecule has 0 spiro atoms. The van der Waals surface area contributed by atoms with Gasteiger partial charge in [0.25, 0.3) is 0 Å². The molecule has 1 heterocycles. The second kappa shape index (κ2) is 7.73. The molecule has 2 rings (SSSR count). The van der Waals surface area contributed by atoms with Gasteiger partial charge in [-0.3, -0.25) is 14.6 Å². The van der Waals surface area contributed by atoms with Gasteiger partial charge in [0, 0.05) is 19.3 Å². The van der Waals surface area contributed by atoms with E-state index < -0.39 is 0 Å². The number of anilines is 1. The van der Waals surface area contributed by atoms with Gasteiger partial charge in [-0.15, -0.1) is 0 Å². The van der Waals surface area contributed by atoms with E-state index in [1.54, 1.807) is 29.4 Å². The molecule has 5 heteroatoms. The Morgan fingerprint density at radius 3 is 2.50 bits per heavy atom. The quantitative estimate of drug-likeness (QED) is 0.850. The van der Waals surface area contributed by atoms with Crippen molar-refractivity contribution in [1.29, 1.82) is 0 Å². The first-order valence-electron chi connectivity index (χ1n) is 7.82. The van der Waals surface area contributed by atoms with Gasteiger partial charge in [0.05, 0.1) is 23.7 Å². The van der Waals surface area contributed by atoms with Crippen molar-refractivity contribution < 1.29 is 9.59 Å². The maximum Gasteiger partial charge on any atom is 0.228 e. The molecule has 0 bridgehead atoms. The van der Waals surface area contributed by atoms with Crippen molar-refractivity contribution in [3.8, 4) is 0 Å². The fourth-order valence-corrected chi connectivity index (χ4v) is 2.82. The molecule has 0 saturated carbocycles. The van der Waals surface area contributed by atoms with Gasteiger partial charge >= 0.3 is 0 Å². The van der Waals surface area contributed by atoms with Crippen LogP contribution in [-0.2, 0) is 9.59 Å². The Morgan fingerprint density at radius 1 is 1.23 bits per heavy atom. The number of hydrogen-bond acceptors (Lipinski definition) is 3. The van der Waals surface area contributed by atoms with E-state index in [4.69, 9.17) is 0 Å². The number of allylic oxidation sites excluding steroid dienone is 2. The number of carbonyl (C=O) groups is 2. The van der Waals surface area contributed by atoms with Crippen LogP contribution in [0.2, 0.25) is 0 Å². The molecule has 2 unspecified atom stereocenters. The number of rotatable bonds is 5.